The van der Waals surface area contributed by atoms with E-state index in [0.717, 1.165) is 21.6 Å². The van der Waals surface area contributed by atoms with Crippen LogP contribution in [0.1, 0.15) is 23.8 Å². The third kappa shape index (κ3) is 3.77. The molecule has 0 saturated carbocycles. The van der Waals surface area contributed by atoms with Crippen molar-refractivity contribution in [2.24, 2.45) is 0 Å². The first-order chi connectivity index (χ1) is 11.8. The van der Waals surface area contributed by atoms with E-state index in [1.807, 2.05) is 18.7 Å². The summed E-state index contributed by atoms with van der Waals surface area (Å²) in [5, 5.41) is 3.83. The molecule has 3 rings (SSSR count). The smallest absolute Gasteiger partial charge is 0.239 e. The zero-order valence-electron chi connectivity index (χ0n) is 14.6. The fourth-order valence-electron chi connectivity index (χ4n) is 3.10. The quantitative estimate of drug-likeness (QED) is 0.841. The number of sulfone groups is 1. The van der Waals surface area contributed by atoms with Crippen LogP contribution in [0.15, 0.2) is 6.33 Å². The van der Waals surface area contributed by atoms with Crippen molar-refractivity contribution in [1.82, 2.24) is 15.3 Å². The number of fused-ring (bicyclic) bond motifs is 1. The van der Waals surface area contributed by atoms with Gasteiger partial charge in [0.25, 0.3) is 0 Å². The van der Waals surface area contributed by atoms with Gasteiger partial charge in [-0.1, -0.05) is 0 Å². The van der Waals surface area contributed by atoms with Gasteiger partial charge in [-0.15, -0.1) is 11.3 Å². The molecule has 1 aliphatic heterocycles. The van der Waals surface area contributed by atoms with Crippen LogP contribution < -0.4 is 10.2 Å². The zero-order valence-corrected chi connectivity index (χ0v) is 16.2. The summed E-state index contributed by atoms with van der Waals surface area (Å²) >= 11 is 1.62. The molecule has 7 nitrogen and oxygen atoms in total. The predicted octanol–water partition coefficient (Wildman–Crippen LogP) is 1.44. The molecule has 0 bridgehead atoms. The van der Waals surface area contributed by atoms with Gasteiger partial charge < -0.3 is 10.2 Å². The van der Waals surface area contributed by atoms with Crippen LogP contribution in [-0.2, 0) is 14.6 Å². The van der Waals surface area contributed by atoms with Crippen LogP contribution in [0.4, 0.5) is 5.82 Å². The van der Waals surface area contributed by atoms with E-state index in [0.29, 0.717) is 13.0 Å². The molecule has 1 N–H and O–H groups in total. The molecule has 25 heavy (non-hydrogen) atoms. The van der Waals surface area contributed by atoms with Gasteiger partial charge in [-0.2, -0.15) is 0 Å². The minimum absolute atomic E-state index is 0.0332. The van der Waals surface area contributed by atoms with Crippen molar-refractivity contribution in [2.75, 3.05) is 29.5 Å². The minimum atomic E-state index is -3.01. The van der Waals surface area contributed by atoms with Gasteiger partial charge in [0, 0.05) is 17.5 Å². The molecule has 2 aromatic rings. The van der Waals surface area contributed by atoms with Crippen LogP contribution in [0.5, 0.6) is 0 Å². The fourth-order valence-corrected chi connectivity index (χ4v) is 5.76. The second kappa shape index (κ2) is 6.87. The van der Waals surface area contributed by atoms with Crippen LogP contribution >= 0.6 is 11.3 Å². The number of carbonyl (C=O) groups is 1. The maximum absolute atomic E-state index is 12.4. The summed E-state index contributed by atoms with van der Waals surface area (Å²) in [5.41, 5.74) is 1.14. The van der Waals surface area contributed by atoms with Gasteiger partial charge in [-0.25, -0.2) is 18.4 Å². The third-order valence-electron chi connectivity index (χ3n) is 4.56. The molecule has 1 amide bonds. The Kier molecular flexibility index (Phi) is 4.97. The third-order valence-corrected chi connectivity index (χ3v) is 7.44. The molecule has 0 unspecified atom stereocenters. The van der Waals surface area contributed by atoms with Crippen molar-refractivity contribution < 1.29 is 13.2 Å². The van der Waals surface area contributed by atoms with Gasteiger partial charge >= 0.3 is 0 Å². The van der Waals surface area contributed by atoms with Crippen molar-refractivity contribution in [2.45, 2.75) is 33.2 Å². The summed E-state index contributed by atoms with van der Waals surface area (Å²) in [5.74, 6) is 0.754. The van der Waals surface area contributed by atoms with Gasteiger partial charge in [0.15, 0.2) is 9.84 Å². The molecule has 2 aromatic heterocycles. The standard InChI is InChI=1S/C16H22N4O3S2/c1-4-20(7-13(21)19-12-5-6-25(22,23)8-12)15-14-10(2)11(3)24-16(14)18-9-17-15/h9,12H,4-8H2,1-3H3,(H,19,21)/t12-/m1/s1. The second-order valence-electron chi connectivity index (χ2n) is 6.34. The summed E-state index contributed by atoms with van der Waals surface area (Å²) in [6.45, 7) is 6.83. The molecule has 9 heteroatoms. The van der Waals surface area contributed by atoms with Crippen molar-refractivity contribution >= 4 is 43.1 Å². The lowest BCUT2D eigenvalue weighted by Crippen LogP contribution is -2.43. The van der Waals surface area contributed by atoms with E-state index < -0.39 is 9.84 Å². The number of aromatic nitrogens is 2. The summed E-state index contributed by atoms with van der Waals surface area (Å²) in [6.07, 6.45) is 2.01. The highest BCUT2D eigenvalue weighted by Crippen LogP contribution is 2.34. The van der Waals surface area contributed by atoms with E-state index in [1.165, 1.54) is 11.2 Å². The number of hydrogen-bond acceptors (Lipinski definition) is 7. The zero-order chi connectivity index (χ0) is 18.2. The summed E-state index contributed by atoms with van der Waals surface area (Å²) in [7, 11) is -3.01. The Morgan fingerprint density at radius 1 is 1.40 bits per heavy atom. The number of anilines is 1. The fraction of sp³-hybridized carbons (Fsp3) is 0.562. The molecular weight excluding hydrogens is 360 g/mol. The Bertz CT molecular complexity index is 907. The Hall–Kier alpha value is -1.74. The Morgan fingerprint density at radius 3 is 2.80 bits per heavy atom. The highest BCUT2D eigenvalue weighted by molar-refractivity contribution is 7.91. The molecule has 3 heterocycles. The highest BCUT2D eigenvalue weighted by atomic mass is 32.2. The van der Waals surface area contributed by atoms with Crippen LogP contribution in [0.2, 0.25) is 0 Å². The van der Waals surface area contributed by atoms with Gasteiger partial charge in [0.2, 0.25) is 5.91 Å². The van der Waals surface area contributed by atoms with E-state index in [4.69, 9.17) is 0 Å². The van der Waals surface area contributed by atoms with Crippen molar-refractivity contribution in [3.05, 3.63) is 16.8 Å². The SMILES string of the molecule is CCN(CC(=O)N[C@@H]1CCS(=O)(=O)C1)c1ncnc2sc(C)c(C)c12. The number of aryl methyl sites for hydroxylation is 2. The monoisotopic (exact) mass is 382 g/mol. The maximum Gasteiger partial charge on any atom is 0.239 e. The molecule has 1 aliphatic rings. The average molecular weight is 383 g/mol. The molecule has 0 aliphatic carbocycles. The summed E-state index contributed by atoms with van der Waals surface area (Å²) in [6, 6.07) is -0.285. The molecule has 0 radical (unpaired) electrons. The molecule has 1 atom stereocenters. The molecule has 1 saturated heterocycles. The lowest BCUT2D eigenvalue weighted by Gasteiger charge is -2.23. The van der Waals surface area contributed by atoms with Crippen molar-refractivity contribution in [3.8, 4) is 0 Å². The average Bonchev–Trinajstić information content (AvgIpc) is 3.04. The number of hydrogen-bond donors (Lipinski definition) is 1. The number of likely N-dealkylation sites (N-methyl/N-ethyl adjacent to an activating group) is 1. The van der Waals surface area contributed by atoms with Gasteiger partial charge in [0.05, 0.1) is 23.4 Å². The minimum Gasteiger partial charge on any atom is -0.351 e. The van der Waals surface area contributed by atoms with E-state index in [-0.39, 0.29) is 30.0 Å². The number of nitrogens with one attached hydrogen (secondary N) is 1. The van der Waals surface area contributed by atoms with Crippen LogP contribution in [0, 0.1) is 13.8 Å². The van der Waals surface area contributed by atoms with Crippen LogP contribution in [0.3, 0.4) is 0 Å². The van der Waals surface area contributed by atoms with Gasteiger partial charge in [-0.05, 0) is 32.8 Å². The Labute approximate surface area is 151 Å². The first-order valence-corrected chi connectivity index (χ1v) is 10.9. The molecular formula is C16H22N4O3S2. The normalized spacial score (nSPS) is 19.2. The van der Waals surface area contributed by atoms with Gasteiger partial charge in [-0.3, -0.25) is 4.79 Å². The van der Waals surface area contributed by atoms with Gasteiger partial charge in [0.1, 0.15) is 17.0 Å². The summed E-state index contributed by atoms with van der Waals surface area (Å²) < 4.78 is 23.1. The first-order valence-electron chi connectivity index (χ1n) is 8.26. The number of amides is 1. The van der Waals surface area contributed by atoms with E-state index >= 15 is 0 Å². The molecule has 0 spiro atoms. The van der Waals surface area contributed by atoms with Crippen LogP contribution in [0.25, 0.3) is 10.2 Å². The largest absolute Gasteiger partial charge is 0.351 e. The number of thiophene rings is 1. The molecule has 0 aromatic carbocycles. The number of carbonyl (C=O) groups excluding carboxylic acids is 1. The van der Waals surface area contributed by atoms with Crippen molar-refractivity contribution in [3.63, 3.8) is 0 Å². The lowest BCUT2D eigenvalue weighted by atomic mass is 10.2. The maximum atomic E-state index is 12.4. The van der Waals surface area contributed by atoms with Crippen molar-refractivity contribution in [1.29, 1.82) is 0 Å². The second-order valence-corrected chi connectivity index (χ2v) is 9.77. The molecule has 136 valence electrons. The number of rotatable bonds is 5. The topological polar surface area (TPSA) is 92.3 Å². The lowest BCUT2D eigenvalue weighted by molar-refractivity contribution is -0.120. The summed E-state index contributed by atoms with van der Waals surface area (Å²) in [4.78, 5) is 25.1. The Balaban J connectivity index is 1.78. The van der Waals surface area contributed by atoms with E-state index in [2.05, 4.69) is 22.2 Å². The van der Waals surface area contributed by atoms with E-state index in [9.17, 15) is 13.2 Å². The predicted molar refractivity (Wildman–Crippen MR) is 100.0 cm³/mol. The highest BCUT2D eigenvalue weighted by Gasteiger charge is 2.29. The number of nitrogens with zero attached hydrogens (tertiary/aromatic N) is 3. The first kappa shape index (κ1) is 18.1. The Morgan fingerprint density at radius 2 is 2.16 bits per heavy atom. The van der Waals surface area contributed by atoms with E-state index in [1.54, 1.807) is 11.3 Å². The van der Waals surface area contributed by atoms with Crippen LogP contribution in [-0.4, -0.2) is 54.9 Å². The molecule has 1 fully saturated rings.